The predicted octanol–water partition coefficient (Wildman–Crippen LogP) is 2.58. The van der Waals surface area contributed by atoms with Gasteiger partial charge in [0, 0.05) is 22.9 Å². The van der Waals surface area contributed by atoms with E-state index in [0.717, 1.165) is 16.5 Å². The van der Waals surface area contributed by atoms with Crippen molar-refractivity contribution in [3.8, 4) is 5.75 Å². The number of rotatable bonds is 7. The van der Waals surface area contributed by atoms with Crippen molar-refractivity contribution < 1.29 is 23.8 Å². The van der Waals surface area contributed by atoms with Crippen molar-refractivity contribution in [1.29, 1.82) is 0 Å². The zero-order chi connectivity index (χ0) is 21.0. The van der Waals surface area contributed by atoms with Gasteiger partial charge in [0.2, 0.25) is 0 Å². The number of carboxylic acids is 1. The molecule has 0 saturated heterocycles. The van der Waals surface area contributed by atoms with Gasteiger partial charge in [0.15, 0.2) is 6.61 Å². The molecule has 7 heteroatoms. The number of carbonyl (C=O) groups is 2. The van der Waals surface area contributed by atoms with E-state index < -0.39 is 24.0 Å². The Balaban J connectivity index is 1.87. The second kappa shape index (κ2) is 8.60. The zero-order valence-electron chi connectivity index (χ0n) is 16.2. The molecular weight excluding hydrogens is 374 g/mol. The number of aliphatic carboxylic acids is 1. The molecule has 0 bridgehead atoms. The molecule has 0 atom stereocenters. The molecule has 29 heavy (non-hydrogen) atoms. The van der Waals surface area contributed by atoms with Crippen LogP contribution >= 0.6 is 0 Å². The topological polar surface area (TPSA) is 106 Å². The second-order valence-electron chi connectivity index (χ2n) is 6.68. The van der Waals surface area contributed by atoms with Crippen LogP contribution in [0.2, 0.25) is 0 Å². The highest BCUT2D eigenvalue weighted by Crippen LogP contribution is 2.30. The Kier molecular flexibility index (Phi) is 5.97. The standard InChI is InChI=1S/C22H21NO6/c1-13-16-8-9-18(28-12-19(24)23-11-20(25)26)14(2)21(16)29-22(27)17(13)10-15-6-4-3-5-7-15/h3-9H,10-12H2,1-2H3,(H,23,24)(H,25,26). The lowest BCUT2D eigenvalue weighted by atomic mass is 9.98. The van der Waals surface area contributed by atoms with Gasteiger partial charge >= 0.3 is 11.6 Å². The van der Waals surface area contributed by atoms with Crippen LogP contribution in [0.4, 0.5) is 0 Å². The summed E-state index contributed by atoms with van der Waals surface area (Å²) >= 11 is 0. The van der Waals surface area contributed by atoms with Gasteiger partial charge in [-0.1, -0.05) is 30.3 Å². The SMILES string of the molecule is Cc1c(Cc2ccccc2)c(=O)oc2c(C)c(OCC(=O)NCC(=O)O)ccc12. The number of fused-ring (bicyclic) bond motifs is 1. The van der Waals surface area contributed by atoms with Crippen molar-refractivity contribution in [2.24, 2.45) is 0 Å². The number of carboxylic acid groups (broad SMARTS) is 1. The number of benzene rings is 2. The third-order valence-corrected chi connectivity index (χ3v) is 4.67. The molecule has 0 aliphatic carbocycles. The molecular formula is C22H21NO6. The van der Waals surface area contributed by atoms with Crippen LogP contribution in [0.25, 0.3) is 11.0 Å². The van der Waals surface area contributed by atoms with Gasteiger partial charge in [-0.2, -0.15) is 0 Å². The van der Waals surface area contributed by atoms with Gasteiger partial charge in [-0.3, -0.25) is 9.59 Å². The lowest BCUT2D eigenvalue weighted by molar-refractivity contribution is -0.138. The Labute approximate surface area is 166 Å². The average Bonchev–Trinajstić information content (AvgIpc) is 2.70. The summed E-state index contributed by atoms with van der Waals surface area (Å²) in [5, 5.41) is 11.6. The predicted molar refractivity (Wildman–Crippen MR) is 107 cm³/mol. The quantitative estimate of drug-likeness (QED) is 0.596. The first-order valence-electron chi connectivity index (χ1n) is 9.08. The molecule has 7 nitrogen and oxygen atoms in total. The van der Waals surface area contributed by atoms with E-state index in [0.29, 0.717) is 28.9 Å². The molecule has 1 amide bonds. The maximum atomic E-state index is 12.6. The van der Waals surface area contributed by atoms with Crippen molar-refractivity contribution >= 4 is 22.8 Å². The molecule has 1 heterocycles. The van der Waals surface area contributed by atoms with Crippen molar-refractivity contribution in [3.63, 3.8) is 0 Å². The molecule has 0 aliphatic rings. The van der Waals surface area contributed by atoms with Gasteiger partial charge in [0.1, 0.15) is 17.9 Å². The van der Waals surface area contributed by atoms with Gasteiger partial charge in [0.05, 0.1) is 0 Å². The lowest BCUT2D eigenvalue weighted by Gasteiger charge is -2.13. The van der Waals surface area contributed by atoms with Gasteiger partial charge < -0.3 is 19.6 Å². The minimum absolute atomic E-state index is 0.338. The molecule has 1 aromatic heterocycles. The summed E-state index contributed by atoms with van der Waals surface area (Å²) in [5.41, 5.74) is 3.07. The summed E-state index contributed by atoms with van der Waals surface area (Å²) in [6, 6.07) is 13.2. The van der Waals surface area contributed by atoms with E-state index >= 15 is 0 Å². The number of amides is 1. The maximum absolute atomic E-state index is 12.6. The van der Waals surface area contributed by atoms with Gasteiger partial charge in [-0.25, -0.2) is 4.79 Å². The summed E-state index contributed by atoms with van der Waals surface area (Å²) in [6.45, 7) is 2.81. The number of aryl methyl sites for hydroxylation is 2. The number of hydrogen-bond acceptors (Lipinski definition) is 5. The maximum Gasteiger partial charge on any atom is 0.340 e. The van der Waals surface area contributed by atoms with Gasteiger partial charge in [-0.05, 0) is 37.1 Å². The molecule has 0 spiro atoms. The van der Waals surface area contributed by atoms with Crippen LogP contribution in [0.3, 0.4) is 0 Å². The highest BCUT2D eigenvalue weighted by Gasteiger charge is 2.16. The smallest absolute Gasteiger partial charge is 0.340 e. The van der Waals surface area contributed by atoms with Crippen molar-refractivity contribution in [2.45, 2.75) is 20.3 Å². The van der Waals surface area contributed by atoms with Crippen molar-refractivity contribution in [2.75, 3.05) is 13.2 Å². The second-order valence-corrected chi connectivity index (χ2v) is 6.68. The highest BCUT2D eigenvalue weighted by atomic mass is 16.5. The molecule has 3 rings (SSSR count). The van der Waals surface area contributed by atoms with E-state index in [2.05, 4.69) is 5.32 Å². The van der Waals surface area contributed by atoms with Crippen LogP contribution in [0.15, 0.2) is 51.7 Å². The molecule has 0 radical (unpaired) electrons. The molecule has 0 fully saturated rings. The Morgan fingerprint density at radius 3 is 2.48 bits per heavy atom. The monoisotopic (exact) mass is 395 g/mol. The van der Waals surface area contributed by atoms with Crippen LogP contribution < -0.4 is 15.7 Å². The third kappa shape index (κ3) is 4.63. The summed E-state index contributed by atoms with van der Waals surface area (Å²) in [6.07, 6.45) is 0.478. The van der Waals surface area contributed by atoms with E-state index in [1.807, 2.05) is 37.3 Å². The summed E-state index contributed by atoms with van der Waals surface area (Å²) in [4.78, 5) is 34.7. The van der Waals surface area contributed by atoms with Crippen LogP contribution in [0, 0.1) is 13.8 Å². The minimum Gasteiger partial charge on any atom is -0.483 e. The van der Waals surface area contributed by atoms with Crippen LogP contribution in [-0.2, 0) is 16.0 Å². The Morgan fingerprint density at radius 1 is 1.07 bits per heavy atom. The summed E-state index contributed by atoms with van der Waals surface area (Å²) in [7, 11) is 0. The molecule has 0 saturated carbocycles. The van der Waals surface area contributed by atoms with Crippen LogP contribution in [-0.4, -0.2) is 30.1 Å². The van der Waals surface area contributed by atoms with E-state index in [-0.39, 0.29) is 6.61 Å². The van der Waals surface area contributed by atoms with E-state index in [4.69, 9.17) is 14.3 Å². The van der Waals surface area contributed by atoms with Crippen molar-refractivity contribution in [1.82, 2.24) is 5.32 Å². The fraction of sp³-hybridized carbons (Fsp3) is 0.227. The normalized spacial score (nSPS) is 10.7. The summed E-state index contributed by atoms with van der Waals surface area (Å²) < 4.78 is 11.1. The fourth-order valence-electron chi connectivity index (χ4n) is 3.10. The molecule has 2 N–H and O–H groups in total. The highest BCUT2D eigenvalue weighted by molar-refractivity contribution is 5.86. The molecule has 2 aromatic carbocycles. The fourth-order valence-corrected chi connectivity index (χ4v) is 3.10. The van der Waals surface area contributed by atoms with Crippen molar-refractivity contribution in [3.05, 3.63) is 75.1 Å². The Morgan fingerprint density at radius 2 is 1.79 bits per heavy atom. The largest absolute Gasteiger partial charge is 0.483 e. The number of carbonyl (C=O) groups excluding carboxylic acids is 1. The Hall–Kier alpha value is -3.61. The number of hydrogen-bond donors (Lipinski definition) is 2. The van der Waals surface area contributed by atoms with Gasteiger partial charge in [0.25, 0.3) is 5.91 Å². The molecule has 0 aliphatic heterocycles. The van der Waals surface area contributed by atoms with Crippen LogP contribution in [0.1, 0.15) is 22.3 Å². The number of ether oxygens (including phenoxy) is 1. The first kappa shape index (κ1) is 20.1. The first-order valence-corrected chi connectivity index (χ1v) is 9.08. The zero-order valence-corrected chi connectivity index (χ0v) is 16.2. The minimum atomic E-state index is -1.14. The van der Waals surface area contributed by atoms with E-state index in [9.17, 15) is 14.4 Å². The number of nitrogens with one attached hydrogen (secondary N) is 1. The average molecular weight is 395 g/mol. The molecule has 0 unspecified atom stereocenters. The molecule has 3 aromatic rings. The van der Waals surface area contributed by atoms with Crippen LogP contribution in [0.5, 0.6) is 5.75 Å². The van der Waals surface area contributed by atoms with E-state index in [1.54, 1.807) is 19.1 Å². The first-order chi connectivity index (χ1) is 13.9. The molecule has 150 valence electrons. The lowest BCUT2D eigenvalue weighted by Crippen LogP contribution is -2.33. The third-order valence-electron chi connectivity index (χ3n) is 4.67. The van der Waals surface area contributed by atoms with Gasteiger partial charge in [-0.15, -0.1) is 0 Å². The Bertz CT molecular complexity index is 1120. The van der Waals surface area contributed by atoms with E-state index in [1.165, 1.54) is 0 Å². The summed E-state index contributed by atoms with van der Waals surface area (Å²) in [5.74, 6) is -1.30.